The lowest BCUT2D eigenvalue weighted by atomic mass is 10.3. The molecule has 0 radical (unpaired) electrons. The molecule has 1 atom stereocenters. The monoisotopic (exact) mass is 284 g/mol. The molecule has 0 aromatic heterocycles. The zero-order valence-corrected chi connectivity index (χ0v) is 11.2. The van der Waals surface area contributed by atoms with E-state index in [1.807, 2.05) is 0 Å². The van der Waals surface area contributed by atoms with E-state index in [9.17, 15) is 9.59 Å². The average Bonchev–Trinajstić information content (AvgIpc) is 2.63. The van der Waals surface area contributed by atoms with E-state index in [2.05, 4.69) is 0 Å². The first-order valence-electron chi connectivity index (χ1n) is 5.57. The van der Waals surface area contributed by atoms with E-state index in [1.54, 1.807) is 24.3 Å². The van der Waals surface area contributed by atoms with Crippen LogP contribution in [0.5, 0.6) is 0 Å². The van der Waals surface area contributed by atoms with Crippen molar-refractivity contribution in [2.45, 2.75) is 11.7 Å². The quantitative estimate of drug-likeness (QED) is 0.854. The molecular formula is C12H13ClN2O2S. The van der Waals surface area contributed by atoms with Gasteiger partial charge in [0, 0.05) is 23.7 Å². The van der Waals surface area contributed by atoms with E-state index in [0.29, 0.717) is 23.0 Å². The highest BCUT2D eigenvalue weighted by molar-refractivity contribution is 8.00. The van der Waals surface area contributed by atoms with Crippen molar-refractivity contribution in [3.05, 3.63) is 29.3 Å². The lowest BCUT2D eigenvalue weighted by molar-refractivity contribution is -0.121. The van der Waals surface area contributed by atoms with Gasteiger partial charge in [-0.15, -0.1) is 11.8 Å². The maximum Gasteiger partial charge on any atom is 0.247 e. The summed E-state index contributed by atoms with van der Waals surface area (Å²) in [5, 5.41) is 0.267. The fraction of sp³-hybridized carbons (Fsp3) is 0.333. The maximum atomic E-state index is 12.1. The molecule has 2 N–H and O–H groups in total. The third-order valence-electron chi connectivity index (χ3n) is 2.63. The average molecular weight is 285 g/mol. The molecule has 0 spiro atoms. The second-order valence-electron chi connectivity index (χ2n) is 3.90. The summed E-state index contributed by atoms with van der Waals surface area (Å²) in [6.45, 7) is 0.504. The second kappa shape index (κ2) is 5.73. The minimum atomic E-state index is -0.309. The van der Waals surface area contributed by atoms with Crippen LogP contribution in [0.3, 0.4) is 0 Å². The van der Waals surface area contributed by atoms with Gasteiger partial charge < -0.3 is 5.73 Å². The third-order valence-corrected chi connectivity index (χ3v) is 4.12. The summed E-state index contributed by atoms with van der Waals surface area (Å²) in [5.41, 5.74) is 5.98. The van der Waals surface area contributed by atoms with Gasteiger partial charge in [-0.25, -0.2) is 4.90 Å². The van der Waals surface area contributed by atoms with E-state index < -0.39 is 0 Å². The number of anilines is 1. The predicted octanol–water partition coefficient (Wildman–Crippen LogP) is 1.66. The fourth-order valence-corrected chi connectivity index (χ4v) is 2.86. The summed E-state index contributed by atoms with van der Waals surface area (Å²) in [7, 11) is 0. The van der Waals surface area contributed by atoms with Crippen LogP contribution in [0.25, 0.3) is 0 Å². The number of amides is 2. The van der Waals surface area contributed by atoms with Crippen molar-refractivity contribution in [3.8, 4) is 0 Å². The Balaban J connectivity index is 2.16. The number of nitrogens with two attached hydrogens (primary N) is 1. The highest BCUT2D eigenvalue weighted by Gasteiger charge is 2.39. The predicted molar refractivity (Wildman–Crippen MR) is 73.9 cm³/mol. The van der Waals surface area contributed by atoms with Crippen molar-refractivity contribution in [2.24, 2.45) is 5.73 Å². The minimum Gasteiger partial charge on any atom is -0.330 e. The van der Waals surface area contributed by atoms with Gasteiger partial charge in [-0.05, 0) is 24.3 Å². The maximum absolute atomic E-state index is 12.1. The lowest BCUT2D eigenvalue weighted by Gasteiger charge is -2.14. The van der Waals surface area contributed by atoms with Crippen molar-refractivity contribution in [1.29, 1.82) is 0 Å². The van der Waals surface area contributed by atoms with Crippen LogP contribution in [-0.2, 0) is 9.59 Å². The number of nitrogens with zero attached hydrogens (tertiary/aromatic N) is 1. The van der Waals surface area contributed by atoms with Crippen molar-refractivity contribution in [3.63, 3.8) is 0 Å². The van der Waals surface area contributed by atoms with Crippen LogP contribution in [0.1, 0.15) is 6.42 Å². The number of hydrogen-bond donors (Lipinski definition) is 1. The highest BCUT2D eigenvalue weighted by Crippen LogP contribution is 2.29. The standard InChI is InChI=1S/C12H13ClN2O2S/c13-8-1-3-9(4-2-8)15-11(16)7-10(12(15)17)18-6-5-14/h1-4,10H,5-7,14H2. The molecule has 6 heteroatoms. The number of halogens is 1. The molecule has 2 rings (SSSR count). The smallest absolute Gasteiger partial charge is 0.247 e. The molecule has 1 aromatic carbocycles. The van der Waals surface area contributed by atoms with Crippen molar-refractivity contribution < 1.29 is 9.59 Å². The van der Waals surface area contributed by atoms with Crippen LogP contribution in [0.4, 0.5) is 5.69 Å². The van der Waals surface area contributed by atoms with Gasteiger partial charge in [0.15, 0.2) is 0 Å². The molecular weight excluding hydrogens is 272 g/mol. The first kappa shape index (κ1) is 13.4. The van der Waals surface area contributed by atoms with Gasteiger partial charge in [0.2, 0.25) is 11.8 Å². The Kier molecular flexibility index (Phi) is 4.27. The molecule has 1 saturated heterocycles. The number of rotatable bonds is 4. The normalized spacial score (nSPS) is 19.7. The van der Waals surface area contributed by atoms with Crippen molar-refractivity contribution in [1.82, 2.24) is 0 Å². The summed E-state index contributed by atoms with van der Waals surface area (Å²) >= 11 is 7.22. The van der Waals surface area contributed by atoms with Gasteiger partial charge in [0.25, 0.3) is 0 Å². The molecule has 0 aliphatic carbocycles. The van der Waals surface area contributed by atoms with Gasteiger partial charge >= 0.3 is 0 Å². The Hall–Kier alpha value is -1.04. The van der Waals surface area contributed by atoms with Crippen LogP contribution in [-0.4, -0.2) is 29.4 Å². The van der Waals surface area contributed by atoms with Gasteiger partial charge in [0.1, 0.15) is 0 Å². The molecule has 1 unspecified atom stereocenters. The molecule has 1 aliphatic heterocycles. The molecule has 2 amide bonds. The van der Waals surface area contributed by atoms with E-state index in [4.69, 9.17) is 17.3 Å². The topological polar surface area (TPSA) is 63.4 Å². The SMILES string of the molecule is NCCSC1CC(=O)N(c2ccc(Cl)cc2)C1=O. The largest absolute Gasteiger partial charge is 0.330 e. The molecule has 4 nitrogen and oxygen atoms in total. The van der Waals surface area contributed by atoms with Crippen LogP contribution < -0.4 is 10.6 Å². The fourth-order valence-electron chi connectivity index (χ4n) is 1.81. The van der Waals surface area contributed by atoms with Crippen molar-refractivity contribution in [2.75, 3.05) is 17.2 Å². The molecule has 18 heavy (non-hydrogen) atoms. The molecule has 0 saturated carbocycles. The summed E-state index contributed by atoms with van der Waals surface area (Å²) in [5.74, 6) is 0.343. The van der Waals surface area contributed by atoms with Gasteiger partial charge in [-0.3, -0.25) is 9.59 Å². The van der Waals surface area contributed by atoms with Crippen LogP contribution in [0.2, 0.25) is 5.02 Å². The van der Waals surface area contributed by atoms with E-state index in [1.165, 1.54) is 16.7 Å². The summed E-state index contributed by atoms with van der Waals surface area (Å²) < 4.78 is 0. The Labute approximate surface area is 114 Å². The number of thioether (sulfide) groups is 1. The molecule has 1 aliphatic rings. The highest BCUT2D eigenvalue weighted by atomic mass is 35.5. The molecule has 1 fully saturated rings. The van der Waals surface area contributed by atoms with Crippen molar-refractivity contribution >= 4 is 40.9 Å². The zero-order chi connectivity index (χ0) is 13.1. The summed E-state index contributed by atoms with van der Waals surface area (Å²) in [6, 6.07) is 6.68. The van der Waals surface area contributed by atoms with Crippen LogP contribution in [0, 0.1) is 0 Å². The number of carbonyl (C=O) groups is 2. The Bertz CT molecular complexity index is 464. The van der Waals surface area contributed by atoms with Gasteiger partial charge in [-0.2, -0.15) is 0 Å². The molecule has 0 bridgehead atoms. The Morgan fingerprint density at radius 1 is 1.33 bits per heavy atom. The third kappa shape index (κ3) is 2.68. The van der Waals surface area contributed by atoms with Crippen LogP contribution in [0.15, 0.2) is 24.3 Å². The Morgan fingerprint density at radius 2 is 2.00 bits per heavy atom. The Morgan fingerprint density at radius 3 is 2.61 bits per heavy atom. The summed E-state index contributed by atoms with van der Waals surface area (Å²) in [4.78, 5) is 25.2. The number of benzene rings is 1. The molecule has 1 aromatic rings. The number of hydrogen-bond acceptors (Lipinski definition) is 4. The second-order valence-corrected chi connectivity index (χ2v) is 5.64. The summed E-state index contributed by atoms with van der Waals surface area (Å²) in [6.07, 6.45) is 0.242. The minimum absolute atomic E-state index is 0.166. The van der Waals surface area contributed by atoms with E-state index >= 15 is 0 Å². The van der Waals surface area contributed by atoms with E-state index in [0.717, 1.165) is 0 Å². The lowest BCUT2D eigenvalue weighted by Crippen LogP contribution is -2.31. The van der Waals surface area contributed by atoms with Gasteiger partial charge in [0.05, 0.1) is 10.9 Å². The van der Waals surface area contributed by atoms with Crippen LogP contribution >= 0.6 is 23.4 Å². The first-order valence-corrected chi connectivity index (χ1v) is 7.00. The molecule has 96 valence electrons. The number of imide groups is 1. The van der Waals surface area contributed by atoms with E-state index in [-0.39, 0.29) is 23.5 Å². The number of carbonyl (C=O) groups excluding carboxylic acids is 2. The zero-order valence-electron chi connectivity index (χ0n) is 9.64. The van der Waals surface area contributed by atoms with Gasteiger partial charge in [-0.1, -0.05) is 11.6 Å². The molecule has 1 heterocycles. The first-order chi connectivity index (χ1) is 8.63.